The van der Waals surface area contributed by atoms with E-state index in [1.165, 1.54) is 24.5 Å². The molecule has 1 aliphatic heterocycles. The fourth-order valence-corrected chi connectivity index (χ4v) is 4.66. The Balaban J connectivity index is 1.26. The summed E-state index contributed by atoms with van der Waals surface area (Å²) >= 11 is 1.30. The number of nitrogens with zero attached hydrogens (tertiary/aromatic N) is 2. The quantitative estimate of drug-likeness (QED) is 0.544. The molecule has 0 spiro atoms. The van der Waals surface area contributed by atoms with Crippen molar-refractivity contribution in [3.8, 4) is 17.0 Å². The molecule has 0 saturated carbocycles. The third-order valence-electron chi connectivity index (χ3n) is 5.87. The molecule has 2 heterocycles. The van der Waals surface area contributed by atoms with Crippen molar-refractivity contribution < 1.29 is 18.7 Å². The molecule has 1 fully saturated rings. The molecule has 6 nitrogen and oxygen atoms in total. The van der Waals surface area contributed by atoms with Crippen LogP contribution in [0, 0.1) is 11.7 Å². The number of carbonyl (C=O) groups excluding carboxylic acids is 2. The van der Waals surface area contributed by atoms with E-state index >= 15 is 0 Å². The summed E-state index contributed by atoms with van der Waals surface area (Å²) in [5.74, 6) is -0.401. The minimum absolute atomic E-state index is 0.0896. The number of amides is 2. The van der Waals surface area contributed by atoms with Gasteiger partial charge in [0.05, 0.1) is 12.8 Å². The molecule has 0 atom stereocenters. The normalized spacial score (nSPS) is 14.2. The molecule has 1 aromatic heterocycles. The van der Waals surface area contributed by atoms with E-state index in [2.05, 4.69) is 10.3 Å². The number of hydrogen-bond acceptors (Lipinski definition) is 5. The van der Waals surface area contributed by atoms with Gasteiger partial charge in [0.2, 0.25) is 11.8 Å². The molecule has 8 heteroatoms. The lowest BCUT2D eigenvalue weighted by atomic mass is 9.95. The molecule has 4 rings (SSSR count). The Labute approximate surface area is 196 Å². The van der Waals surface area contributed by atoms with Crippen molar-refractivity contribution in [2.75, 3.05) is 25.5 Å². The zero-order valence-electron chi connectivity index (χ0n) is 18.4. The van der Waals surface area contributed by atoms with E-state index in [-0.39, 0.29) is 23.5 Å². The Bertz CT molecular complexity index is 1110. The fourth-order valence-electron chi connectivity index (χ4n) is 3.94. The van der Waals surface area contributed by atoms with Crippen molar-refractivity contribution in [2.24, 2.45) is 5.92 Å². The summed E-state index contributed by atoms with van der Waals surface area (Å²) in [5, 5.41) is 5.14. The van der Waals surface area contributed by atoms with Crippen molar-refractivity contribution in [3.63, 3.8) is 0 Å². The van der Waals surface area contributed by atoms with Crippen molar-refractivity contribution in [3.05, 3.63) is 65.3 Å². The van der Waals surface area contributed by atoms with Gasteiger partial charge in [0, 0.05) is 36.4 Å². The molecule has 1 N–H and O–H groups in total. The lowest BCUT2D eigenvalue weighted by Gasteiger charge is -2.31. The lowest BCUT2D eigenvalue weighted by Crippen LogP contribution is -2.41. The number of halogens is 1. The number of benzene rings is 2. The molecular formula is C25H26FN3O3S. The summed E-state index contributed by atoms with van der Waals surface area (Å²) in [4.78, 5) is 31.5. The lowest BCUT2D eigenvalue weighted by molar-refractivity contribution is -0.134. The topological polar surface area (TPSA) is 71.5 Å². The first-order valence-corrected chi connectivity index (χ1v) is 11.8. The minimum Gasteiger partial charge on any atom is -0.494 e. The van der Waals surface area contributed by atoms with Gasteiger partial charge in [-0.15, -0.1) is 11.3 Å². The van der Waals surface area contributed by atoms with Gasteiger partial charge in [-0.1, -0.05) is 30.3 Å². The SMILES string of the molecule is COc1ccc(-c2csc(NC(=O)C3CCN(C(=O)CCc4ccccc4)CC3)n2)cc1F. The number of aryl methyl sites for hydroxylation is 1. The van der Waals surface area contributed by atoms with Crippen LogP contribution >= 0.6 is 11.3 Å². The van der Waals surface area contributed by atoms with Gasteiger partial charge in [-0.3, -0.25) is 9.59 Å². The van der Waals surface area contributed by atoms with Gasteiger partial charge in [-0.05, 0) is 43.0 Å². The molecule has 3 aromatic rings. The molecule has 0 bridgehead atoms. The summed E-state index contributed by atoms with van der Waals surface area (Å²) in [5.41, 5.74) is 2.36. The maximum Gasteiger partial charge on any atom is 0.229 e. The van der Waals surface area contributed by atoms with E-state index in [9.17, 15) is 14.0 Å². The Kier molecular flexibility index (Phi) is 7.34. The van der Waals surface area contributed by atoms with E-state index in [0.717, 1.165) is 12.0 Å². The van der Waals surface area contributed by atoms with Crippen molar-refractivity contribution in [1.82, 2.24) is 9.88 Å². The molecule has 0 aliphatic carbocycles. The van der Waals surface area contributed by atoms with Crippen LogP contribution in [0.25, 0.3) is 11.3 Å². The maximum absolute atomic E-state index is 14.0. The summed E-state index contributed by atoms with van der Waals surface area (Å²) in [7, 11) is 1.42. The number of aromatic nitrogens is 1. The van der Waals surface area contributed by atoms with Crippen molar-refractivity contribution >= 4 is 28.3 Å². The van der Waals surface area contributed by atoms with Gasteiger partial charge in [0.1, 0.15) is 0 Å². The van der Waals surface area contributed by atoms with Gasteiger partial charge in [-0.25, -0.2) is 9.37 Å². The van der Waals surface area contributed by atoms with Gasteiger partial charge < -0.3 is 15.0 Å². The van der Waals surface area contributed by atoms with Crippen LogP contribution in [0.4, 0.5) is 9.52 Å². The minimum atomic E-state index is -0.460. The Morgan fingerprint density at radius 3 is 2.64 bits per heavy atom. The predicted octanol–water partition coefficient (Wildman–Crippen LogP) is 4.77. The van der Waals surface area contributed by atoms with Crippen LogP contribution < -0.4 is 10.1 Å². The standard InChI is InChI=1S/C25H26FN3O3S/c1-32-22-9-8-19(15-20(22)26)21-16-33-25(27-21)28-24(31)18-11-13-29(14-12-18)23(30)10-7-17-5-3-2-4-6-17/h2-6,8-9,15-16,18H,7,10-14H2,1H3,(H,27,28,31). The number of anilines is 1. The number of rotatable bonds is 7. The highest BCUT2D eigenvalue weighted by atomic mass is 32.1. The Morgan fingerprint density at radius 1 is 1.18 bits per heavy atom. The van der Waals surface area contributed by atoms with Crippen LogP contribution in [0.3, 0.4) is 0 Å². The fraction of sp³-hybridized carbons (Fsp3) is 0.320. The Hall–Kier alpha value is -3.26. The maximum atomic E-state index is 14.0. The third-order valence-corrected chi connectivity index (χ3v) is 6.63. The molecule has 0 unspecified atom stereocenters. The van der Waals surface area contributed by atoms with Crippen LogP contribution in [0.1, 0.15) is 24.8 Å². The largest absolute Gasteiger partial charge is 0.494 e. The van der Waals surface area contributed by atoms with E-state index in [0.29, 0.717) is 48.7 Å². The van der Waals surface area contributed by atoms with Crippen LogP contribution in [-0.4, -0.2) is 41.9 Å². The van der Waals surface area contributed by atoms with Gasteiger partial charge in [0.15, 0.2) is 16.7 Å². The van der Waals surface area contributed by atoms with E-state index < -0.39 is 5.82 Å². The Morgan fingerprint density at radius 2 is 1.94 bits per heavy atom. The van der Waals surface area contributed by atoms with E-state index in [4.69, 9.17) is 4.74 Å². The van der Waals surface area contributed by atoms with Gasteiger partial charge in [-0.2, -0.15) is 0 Å². The number of methoxy groups -OCH3 is 1. The third kappa shape index (κ3) is 5.76. The van der Waals surface area contributed by atoms with Crippen LogP contribution in [-0.2, 0) is 16.0 Å². The summed E-state index contributed by atoms with van der Waals surface area (Å²) in [6, 6.07) is 14.6. The van der Waals surface area contributed by atoms with Crippen LogP contribution in [0.2, 0.25) is 0 Å². The highest BCUT2D eigenvalue weighted by Crippen LogP contribution is 2.29. The molecule has 33 heavy (non-hydrogen) atoms. The first-order valence-electron chi connectivity index (χ1n) is 11.0. The van der Waals surface area contributed by atoms with E-state index in [1.54, 1.807) is 17.5 Å². The second-order valence-corrected chi connectivity index (χ2v) is 8.88. The number of thiazole rings is 1. The second kappa shape index (κ2) is 10.6. The zero-order chi connectivity index (χ0) is 23.2. The highest BCUT2D eigenvalue weighted by molar-refractivity contribution is 7.14. The summed E-state index contributed by atoms with van der Waals surface area (Å²) < 4.78 is 18.9. The number of carbonyl (C=O) groups is 2. The number of nitrogens with one attached hydrogen (secondary N) is 1. The number of hydrogen-bond donors (Lipinski definition) is 1. The second-order valence-electron chi connectivity index (χ2n) is 8.02. The molecular weight excluding hydrogens is 441 g/mol. The first-order chi connectivity index (χ1) is 16.0. The highest BCUT2D eigenvalue weighted by Gasteiger charge is 2.27. The summed E-state index contributed by atoms with van der Waals surface area (Å²) in [6.45, 7) is 1.17. The molecule has 0 radical (unpaired) electrons. The average molecular weight is 468 g/mol. The van der Waals surface area contributed by atoms with Crippen molar-refractivity contribution in [2.45, 2.75) is 25.7 Å². The van der Waals surface area contributed by atoms with Crippen LogP contribution in [0.15, 0.2) is 53.9 Å². The van der Waals surface area contributed by atoms with Gasteiger partial charge >= 0.3 is 0 Å². The predicted molar refractivity (Wildman–Crippen MR) is 127 cm³/mol. The number of ether oxygens (including phenoxy) is 1. The molecule has 2 amide bonds. The molecule has 2 aromatic carbocycles. The molecule has 1 aliphatic rings. The monoisotopic (exact) mass is 467 g/mol. The molecule has 1 saturated heterocycles. The first kappa shape index (κ1) is 22.9. The number of likely N-dealkylation sites (tertiary alicyclic amines) is 1. The number of piperidine rings is 1. The zero-order valence-corrected chi connectivity index (χ0v) is 19.2. The molecule has 172 valence electrons. The van der Waals surface area contributed by atoms with Crippen LogP contribution in [0.5, 0.6) is 5.75 Å². The van der Waals surface area contributed by atoms with Gasteiger partial charge in [0.25, 0.3) is 0 Å². The average Bonchev–Trinajstić information content (AvgIpc) is 3.31. The summed E-state index contributed by atoms with van der Waals surface area (Å²) in [6.07, 6.45) is 2.47. The smallest absolute Gasteiger partial charge is 0.229 e. The van der Waals surface area contributed by atoms with E-state index in [1.807, 2.05) is 35.2 Å². The van der Waals surface area contributed by atoms with Crippen molar-refractivity contribution in [1.29, 1.82) is 0 Å².